The number of urea groups is 1. The third kappa shape index (κ3) is 12.4. The van der Waals surface area contributed by atoms with Crippen LogP contribution in [0, 0.1) is 6.92 Å². The lowest BCUT2D eigenvalue weighted by Gasteiger charge is -2.21. The number of sulfonamides is 1. The number of rotatable bonds is 14. The summed E-state index contributed by atoms with van der Waals surface area (Å²) >= 11 is 12.1. The summed E-state index contributed by atoms with van der Waals surface area (Å²) in [7, 11) is -0.726. The molecule has 0 saturated heterocycles. The molecule has 0 aliphatic carbocycles. The normalized spacial score (nSPS) is 12.5. The number of nitrogens with one attached hydrogen (secondary N) is 3. The fraction of sp³-hybridized carbons (Fsp3) is 0.294. The van der Waals surface area contributed by atoms with Gasteiger partial charge in [0, 0.05) is 24.0 Å². The number of halogens is 3. The maximum absolute atomic E-state index is 14.2. The fourth-order valence-corrected chi connectivity index (χ4v) is 5.74. The molecule has 54 heavy (non-hydrogen) atoms. The first-order valence-corrected chi connectivity index (χ1v) is 17.9. The molecule has 0 saturated carbocycles. The van der Waals surface area contributed by atoms with Crippen LogP contribution in [0.15, 0.2) is 71.8 Å². The molecule has 0 radical (unpaired) electrons. The lowest BCUT2D eigenvalue weighted by molar-refractivity contribution is -0.157. The van der Waals surface area contributed by atoms with Crippen molar-refractivity contribution < 1.29 is 50.9 Å². The molecular weight excluding hydrogens is 774 g/mol. The number of pyridine rings is 1. The highest BCUT2D eigenvalue weighted by molar-refractivity contribution is 7.90. The van der Waals surface area contributed by atoms with Crippen molar-refractivity contribution >= 4 is 62.8 Å². The van der Waals surface area contributed by atoms with E-state index in [2.05, 4.69) is 30.3 Å². The molecule has 2 heterocycles. The average Bonchev–Trinajstić information content (AvgIpc) is 3.14. The molecule has 4 rings (SSSR count). The van der Waals surface area contributed by atoms with E-state index >= 15 is 0 Å². The van der Waals surface area contributed by atoms with E-state index in [9.17, 15) is 27.2 Å². The number of ether oxygens (including phenoxy) is 5. The number of benzene rings is 2. The van der Waals surface area contributed by atoms with E-state index in [1.807, 2.05) is 30.3 Å². The highest BCUT2D eigenvalue weighted by Crippen LogP contribution is 2.33. The van der Waals surface area contributed by atoms with E-state index in [4.69, 9.17) is 42.1 Å². The number of hydrogen-bond acceptors (Lipinski definition) is 13. The number of hydrogen-bond donors (Lipinski definition) is 3. The topological polar surface area (TPSA) is 206 Å². The Morgan fingerprint density at radius 3 is 2.15 bits per heavy atom. The van der Waals surface area contributed by atoms with Crippen LogP contribution in [0.1, 0.15) is 31.2 Å². The number of esters is 1. The van der Waals surface area contributed by atoms with Gasteiger partial charge in [-0.1, -0.05) is 41.4 Å². The molecule has 290 valence electrons. The number of nitrogens with zero attached hydrogens (tertiary/aromatic N) is 3. The molecule has 3 amide bonds. The van der Waals surface area contributed by atoms with Crippen molar-refractivity contribution in [1.29, 1.82) is 0 Å². The largest absolute Gasteiger partial charge is 0.481 e. The minimum absolute atomic E-state index is 0.0483. The maximum Gasteiger partial charge on any atom is 0.335 e. The second-order valence-electron chi connectivity index (χ2n) is 10.8. The third-order valence-electron chi connectivity index (χ3n) is 6.85. The highest BCUT2D eigenvalue weighted by atomic mass is 35.5. The number of carbonyl (C=O) groups is 3. The van der Waals surface area contributed by atoms with Gasteiger partial charge < -0.3 is 29.0 Å². The van der Waals surface area contributed by atoms with Crippen LogP contribution >= 0.6 is 23.2 Å². The van der Waals surface area contributed by atoms with Gasteiger partial charge >= 0.3 is 12.0 Å². The summed E-state index contributed by atoms with van der Waals surface area (Å²) in [6, 6.07) is 15.0. The van der Waals surface area contributed by atoms with Crippen LogP contribution in [0.5, 0.6) is 17.5 Å². The van der Waals surface area contributed by atoms with E-state index in [-0.39, 0.29) is 23.6 Å². The van der Waals surface area contributed by atoms with Gasteiger partial charge in [-0.2, -0.15) is 9.97 Å². The Morgan fingerprint density at radius 2 is 1.56 bits per heavy atom. The van der Waals surface area contributed by atoms with Gasteiger partial charge in [0.2, 0.25) is 17.7 Å². The SMILES string of the molecule is COCC(=O)OC(c1ncccc1S(=O)(=O)NC(=O)Nc1nc(OC)cc(OC)n1)C(C)F.Cc1c(Cl)ccc(OC(C)C(=O)Nc2ccccc2)c1Cl. The average molecular weight is 812 g/mol. The van der Waals surface area contributed by atoms with E-state index in [0.717, 1.165) is 24.2 Å². The van der Waals surface area contributed by atoms with Crippen molar-refractivity contribution in [3.8, 4) is 17.5 Å². The molecule has 0 spiro atoms. The minimum Gasteiger partial charge on any atom is -0.481 e. The van der Waals surface area contributed by atoms with Crippen molar-refractivity contribution in [2.24, 2.45) is 0 Å². The summed E-state index contributed by atoms with van der Waals surface area (Å²) in [5.74, 6) is -0.955. The zero-order chi connectivity index (χ0) is 40.0. The lowest BCUT2D eigenvalue weighted by Crippen LogP contribution is -2.36. The molecule has 2 aromatic carbocycles. The monoisotopic (exact) mass is 810 g/mol. The van der Waals surface area contributed by atoms with Gasteiger partial charge in [-0.25, -0.2) is 27.1 Å². The number of anilines is 2. The highest BCUT2D eigenvalue weighted by Gasteiger charge is 2.32. The van der Waals surface area contributed by atoms with Gasteiger partial charge in [0.1, 0.15) is 29.1 Å². The summed E-state index contributed by atoms with van der Waals surface area (Å²) in [5, 5.41) is 5.89. The second kappa shape index (κ2) is 20.2. The molecule has 16 nitrogen and oxygen atoms in total. The quantitative estimate of drug-likeness (QED) is 0.131. The van der Waals surface area contributed by atoms with Crippen LogP contribution in [-0.4, -0.2) is 81.5 Å². The predicted molar refractivity (Wildman–Crippen MR) is 196 cm³/mol. The van der Waals surface area contributed by atoms with E-state index in [0.29, 0.717) is 15.8 Å². The van der Waals surface area contributed by atoms with Crippen molar-refractivity contribution in [3.63, 3.8) is 0 Å². The van der Waals surface area contributed by atoms with Crippen molar-refractivity contribution in [1.82, 2.24) is 19.7 Å². The number of carbonyl (C=O) groups excluding carboxylic acids is 3. The van der Waals surface area contributed by atoms with E-state index < -0.39 is 57.6 Å². The Hall–Kier alpha value is -5.30. The molecular formula is C34H37Cl2FN6O10S. The Morgan fingerprint density at radius 1 is 0.907 bits per heavy atom. The lowest BCUT2D eigenvalue weighted by atomic mass is 10.1. The van der Waals surface area contributed by atoms with Crippen LogP contribution in [0.25, 0.3) is 0 Å². The molecule has 3 unspecified atom stereocenters. The van der Waals surface area contributed by atoms with Gasteiger partial charge in [-0.05, 0) is 62.7 Å². The fourth-order valence-electron chi connectivity index (χ4n) is 4.21. The first-order chi connectivity index (χ1) is 25.6. The maximum atomic E-state index is 14.2. The number of alkyl halides is 1. The molecule has 0 bridgehead atoms. The number of methoxy groups -OCH3 is 3. The zero-order valence-corrected chi connectivity index (χ0v) is 32.1. The zero-order valence-electron chi connectivity index (χ0n) is 29.8. The summed E-state index contributed by atoms with van der Waals surface area (Å²) in [6.07, 6.45) is -3.00. The van der Waals surface area contributed by atoms with Crippen molar-refractivity contribution in [2.75, 3.05) is 38.6 Å². The van der Waals surface area contributed by atoms with Crippen LogP contribution in [0.3, 0.4) is 0 Å². The van der Waals surface area contributed by atoms with E-state index in [1.54, 1.807) is 30.7 Å². The molecule has 0 fully saturated rings. The molecule has 2 aromatic heterocycles. The smallest absolute Gasteiger partial charge is 0.335 e. The standard InChI is InChI=1S/C18H22FN5O8S.C16H15Cl2NO2/c1-10(19)16(32-14(25)9-29-2)15-11(6-5-7-20-15)33(27,28)24-18(26)23-17-21-12(30-3)8-13(22-17)31-4;1-10-13(17)8-9-14(15(10)18)21-11(2)16(20)19-12-6-4-3-5-7-12/h5-8,10,16H,9H2,1-4H3,(H2,21,22,23,24,26);3-9,11H,1-2H3,(H,19,20). The second-order valence-corrected chi connectivity index (χ2v) is 13.3. The summed E-state index contributed by atoms with van der Waals surface area (Å²) in [6.45, 7) is 4.04. The Balaban J connectivity index is 0.000000320. The van der Waals surface area contributed by atoms with Gasteiger partial charge in [0.05, 0.1) is 25.3 Å². The van der Waals surface area contributed by atoms with Crippen molar-refractivity contribution in [3.05, 3.63) is 88.2 Å². The summed E-state index contributed by atoms with van der Waals surface area (Å²) in [5.41, 5.74) is 1.03. The Labute approximate surface area is 320 Å². The number of para-hydroxylation sites is 1. The number of aromatic nitrogens is 3. The molecule has 4 aromatic rings. The first-order valence-electron chi connectivity index (χ1n) is 15.7. The Kier molecular flexibility index (Phi) is 16.2. The van der Waals surface area contributed by atoms with Gasteiger partial charge in [-0.3, -0.25) is 15.1 Å². The van der Waals surface area contributed by atoms with Crippen LogP contribution < -0.4 is 29.6 Å². The minimum atomic E-state index is -4.60. The van der Waals surface area contributed by atoms with Gasteiger partial charge in [0.25, 0.3) is 15.9 Å². The summed E-state index contributed by atoms with van der Waals surface area (Å²) in [4.78, 5) is 47.1. The molecule has 0 aliphatic heterocycles. The van der Waals surface area contributed by atoms with Gasteiger partial charge in [0.15, 0.2) is 12.2 Å². The first kappa shape index (κ1) is 43.1. The predicted octanol–water partition coefficient (Wildman–Crippen LogP) is 5.70. The van der Waals surface area contributed by atoms with Crippen LogP contribution in [0.2, 0.25) is 10.0 Å². The van der Waals surface area contributed by atoms with Crippen molar-refractivity contribution in [2.45, 2.75) is 44.0 Å². The third-order valence-corrected chi connectivity index (χ3v) is 9.10. The van der Waals surface area contributed by atoms with E-state index in [1.165, 1.54) is 39.7 Å². The molecule has 3 N–H and O–H groups in total. The summed E-state index contributed by atoms with van der Waals surface area (Å²) < 4.78 is 66.8. The van der Waals surface area contributed by atoms with Crippen LogP contribution in [0.4, 0.5) is 20.8 Å². The number of amides is 3. The van der Waals surface area contributed by atoms with Crippen LogP contribution in [-0.2, 0) is 29.1 Å². The molecule has 20 heteroatoms. The molecule has 3 atom stereocenters. The van der Waals surface area contributed by atoms with Gasteiger partial charge in [-0.15, -0.1) is 0 Å². The molecule has 0 aliphatic rings. The Bertz CT molecular complexity index is 2010.